The Morgan fingerprint density at radius 3 is 2.59 bits per heavy atom. The first-order valence-corrected chi connectivity index (χ1v) is 6.13. The van der Waals surface area contributed by atoms with Gasteiger partial charge < -0.3 is 14.7 Å². The molecule has 17 heavy (non-hydrogen) atoms. The van der Waals surface area contributed by atoms with Crippen LogP contribution >= 0.6 is 0 Å². The number of pyridine rings is 1. The number of ether oxygens (including phenoxy) is 1. The zero-order valence-corrected chi connectivity index (χ0v) is 10.9. The Bertz CT molecular complexity index is 338. The van der Waals surface area contributed by atoms with E-state index in [2.05, 4.69) is 23.7 Å². The summed E-state index contributed by atoms with van der Waals surface area (Å²) in [5.74, 6) is 0.685. The minimum atomic E-state index is -0.0811. The maximum Gasteiger partial charge on any atom is 0.143 e. The topological polar surface area (TPSA) is 45.6 Å². The van der Waals surface area contributed by atoms with Gasteiger partial charge in [0, 0.05) is 12.2 Å². The number of likely N-dealkylation sites (N-methyl/N-ethyl adjacent to an activating group) is 1. The number of aliphatic hydroxyl groups is 1. The normalized spacial score (nSPS) is 10.9. The smallest absolute Gasteiger partial charge is 0.143 e. The highest BCUT2D eigenvalue weighted by atomic mass is 16.5. The van der Waals surface area contributed by atoms with Crippen LogP contribution in [0.5, 0.6) is 5.75 Å². The van der Waals surface area contributed by atoms with Crippen molar-refractivity contribution < 1.29 is 9.84 Å². The molecule has 0 saturated heterocycles. The summed E-state index contributed by atoms with van der Waals surface area (Å²) in [5, 5.41) is 9.19. The highest BCUT2D eigenvalue weighted by Gasteiger charge is 2.05. The average molecular weight is 238 g/mol. The third-order valence-electron chi connectivity index (χ3n) is 2.78. The summed E-state index contributed by atoms with van der Waals surface area (Å²) in [6.07, 6.45) is 0. The van der Waals surface area contributed by atoms with Crippen LogP contribution in [0, 0.1) is 6.92 Å². The molecule has 1 aromatic heterocycles. The van der Waals surface area contributed by atoms with E-state index >= 15 is 0 Å². The van der Waals surface area contributed by atoms with Crippen molar-refractivity contribution in [2.45, 2.75) is 27.4 Å². The second kappa shape index (κ2) is 7.25. The SMILES string of the molecule is CCN(CC)CCOc1ccc(C)nc1CO. The quantitative estimate of drug-likeness (QED) is 0.784. The molecule has 0 saturated carbocycles. The number of aliphatic hydroxyl groups excluding tert-OH is 1. The van der Waals surface area contributed by atoms with Gasteiger partial charge in [0.2, 0.25) is 0 Å². The summed E-state index contributed by atoms with van der Waals surface area (Å²) in [6.45, 7) is 9.66. The van der Waals surface area contributed by atoms with Gasteiger partial charge in [-0.25, -0.2) is 0 Å². The summed E-state index contributed by atoms with van der Waals surface area (Å²) in [7, 11) is 0. The molecule has 0 aliphatic carbocycles. The van der Waals surface area contributed by atoms with Crippen molar-refractivity contribution in [3.8, 4) is 5.75 Å². The third-order valence-corrected chi connectivity index (χ3v) is 2.78. The standard InChI is InChI=1S/C13H22N2O2/c1-4-15(5-2)8-9-17-13-7-6-11(3)14-12(13)10-16/h6-7,16H,4-5,8-10H2,1-3H3. The lowest BCUT2D eigenvalue weighted by molar-refractivity contribution is 0.213. The predicted octanol–water partition coefficient (Wildman–Crippen LogP) is 1.60. The summed E-state index contributed by atoms with van der Waals surface area (Å²) in [5.41, 5.74) is 1.51. The lowest BCUT2D eigenvalue weighted by Gasteiger charge is -2.18. The molecule has 1 N–H and O–H groups in total. The van der Waals surface area contributed by atoms with E-state index in [4.69, 9.17) is 4.74 Å². The number of hydrogen-bond acceptors (Lipinski definition) is 4. The van der Waals surface area contributed by atoms with Crippen LogP contribution in [0.3, 0.4) is 0 Å². The number of hydrogen-bond donors (Lipinski definition) is 1. The van der Waals surface area contributed by atoms with E-state index < -0.39 is 0 Å². The van der Waals surface area contributed by atoms with Gasteiger partial charge in [0.25, 0.3) is 0 Å². The number of aromatic nitrogens is 1. The molecular weight excluding hydrogens is 216 g/mol. The molecule has 0 spiro atoms. The molecule has 0 aromatic carbocycles. The minimum absolute atomic E-state index is 0.0811. The molecule has 0 aliphatic rings. The van der Waals surface area contributed by atoms with Crippen LogP contribution in [-0.4, -0.2) is 41.2 Å². The molecule has 1 heterocycles. The molecule has 0 amide bonds. The summed E-state index contributed by atoms with van der Waals surface area (Å²) in [6, 6.07) is 3.77. The largest absolute Gasteiger partial charge is 0.490 e. The summed E-state index contributed by atoms with van der Waals surface area (Å²) < 4.78 is 5.65. The molecule has 0 unspecified atom stereocenters. The lowest BCUT2D eigenvalue weighted by Crippen LogP contribution is -2.28. The monoisotopic (exact) mass is 238 g/mol. The second-order valence-electron chi connectivity index (χ2n) is 3.93. The van der Waals surface area contributed by atoms with Gasteiger partial charge in [0.05, 0.1) is 6.61 Å². The van der Waals surface area contributed by atoms with Crippen molar-refractivity contribution >= 4 is 0 Å². The van der Waals surface area contributed by atoms with E-state index in [-0.39, 0.29) is 6.61 Å². The molecule has 4 nitrogen and oxygen atoms in total. The molecule has 0 atom stereocenters. The number of nitrogens with zero attached hydrogens (tertiary/aromatic N) is 2. The third kappa shape index (κ3) is 4.32. The minimum Gasteiger partial charge on any atom is -0.490 e. The molecule has 96 valence electrons. The maximum absolute atomic E-state index is 9.19. The molecule has 1 aromatic rings. The Hall–Kier alpha value is -1.13. The molecule has 0 bridgehead atoms. The fourth-order valence-corrected chi connectivity index (χ4v) is 1.67. The first kappa shape index (κ1) is 13.9. The van der Waals surface area contributed by atoms with E-state index in [9.17, 15) is 5.11 Å². The molecule has 0 aliphatic heterocycles. The van der Waals surface area contributed by atoms with Crippen LogP contribution in [0.2, 0.25) is 0 Å². The highest BCUT2D eigenvalue weighted by molar-refractivity contribution is 5.28. The van der Waals surface area contributed by atoms with Crippen LogP contribution in [0.15, 0.2) is 12.1 Å². The van der Waals surface area contributed by atoms with Crippen LogP contribution in [-0.2, 0) is 6.61 Å². The summed E-state index contributed by atoms with van der Waals surface area (Å²) >= 11 is 0. The van der Waals surface area contributed by atoms with Crippen LogP contribution in [0.1, 0.15) is 25.2 Å². The van der Waals surface area contributed by atoms with Crippen LogP contribution in [0.4, 0.5) is 0 Å². The highest BCUT2D eigenvalue weighted by Crippen LogP contribution is 2.16. The zero-order chi connectivity index (χ0) is 12.7. The Morgan fingerprint density at radius 1 is 1.29 bits per heavy atom. The maximum atomic E-state index is 9.19. The van der Waals surface area contributed by atoms with Crippen molar-refractivity contribution in [3.05, 3.63) is 23.5 Å². The molecule has 4 heteroatoms. The van der Waals surface area contributed by atoms with E-state index in [1.807, 2.05) is 19.1 Å². The summed E-state index contributed by atoms with van der Waals surface area (Å²) in [4.78, 5) is 6.53. The Morgan fingerprint density at radius 2 is 2.00 bits per heavy atom. The van der Waals surface area contributed by atoms with Crippen molar-refractivity contribution in [2.75, 3.05) is 26.2 Å². The van der Waals surface area contributed by atoms with E-state index in [0.29, 0.717) is 18.1 Å². The lowest BCUT2D eigenvalue weighted by atomic mass is 10.3. The van der Waals surface area contributed by atoms with Crippen LogP contribution in [0.25, 0.3) is 0 Å². The first-order valence-electron chi connectivity index (χ1n) is 6.13. The van der Waals surface area contributed by atoms with Gasteiger partial charge in [-0.15, -0.1) is 0 Å². The second-order valence-corrected chi connectivity index (χ2v) is 3.93. The van der Waals surface area contributed by atoms with Crippen molar-refractivity contribution in [2.24, 2.45) is 0 Å². The van der Waals surface area contributed by atoms with Gasteiger partial charge in [-0.3, -0.25) is 4.98 Å². The molecule has 0 radical (unpaired) electrons. The van der Waals surface area contributed by atoms with Gasteiger partial charge in [-0.1, -0.05) is 13.8 Å². The van der Waals surface area contributed by atoms with E-state index in [1.165, 1.54) is 0 Å². The Balaban J connectivity index is 2.51. The van der Waals surface area contributed by atoms with Gasteiger partial charge in [-0.05, 0) is 32.1 Å². The van der Waals surface area contributed by atoms with Crippen molar-refractivity contribution in [3.63, 3.8) is 0 Å². The van der Waals surface area contributed by atoms with Gasteiger partial charge >= 0.3 is 0 Å². The van der Waals surface area contributed by atoms with E-state index in [0.717, 1.165) is 25.3 Å². The molecule has 0 fully saturated rings. The Labute approximate surface area is 103 Å². The van der Waals surface area contributed by atoms with E-state index in [1.54, 1.807) is 0 Å². The van der Waals surface area contributed by atoms with Crippen molar-refractivity contribution in [1.29, 1.82) is 0 Å². The van der Waals surface area contributed by atoms with Crippen molar-refractivity contribution in [1.82, 2.24) is 9.88 Å². The predicted molar refractivity (Wildman–Crippen MR) is 68.2 cm³/mol. The first-order chi connectivity index (χ1) is 8.21. The zero-order valence-electron chi connectivity index (χ0n) is 10.9. The van der Waals surface area contributed by atoms with Gasteiger partial charge in [-0.2, -0.15) is 0 Å². The fraction of sp³-hybridized carbons (Fsp3) is 0.615. The fourth-order valence-electron chi connectivity index (χ4n) is 1.67. The van der Waals surface area contributed by atoms with Gasteiger partial charge in [0.1, 0.15) is 18.1 Å². The molecule has 1 rings (SSSR count). The van der Waals surface area contributed by atoms with Crippen LogP contribution < -0.4 is 4.74 Å². The number of rotatable bonds is 7. The Kier molecular flexibility index (Phi) is 5.94. The molecular formula is C13H22N2O2. The number of aryl methyl sites for hydroxylation is 1. The van der Waals surface area contributed by atoms with Gasteiger partial charge in [0.15, 0.2) is 0 Å². The average Bonchev–Trinajstić information content (AvgIpc) is 2.36.